The molecule has 1 aromatic heterocycles. The van der Waals surface area contributed by atoms with E-state index in [1.807, 2.05) is 5.01 Å². The molecule has 1 aliphatic rings. The van der Waals surface area contributed by atoms with Crippen molar-refractivity contribution in [3.8, 4) is 0 Å². The molecule has 0 aromatic carbocycles. The predicted octanol–water partition coefficient (Wildman–Crippen LogP) is 0.0704. The van der Waals surface area contributed by atoms with Gasteiger partial charge in [-0.05, 0) is 12.8 Å². The Balaban J connectivity index is 2.27. The highest BCUT2D eigenvalue weighted by Crippen LogP contribution is 2.16. The van der Waals surface area contributed by atoms with Crippen molar-refractivity contribution < 1.29 is 4.79 Å². The number of nitrogens with zero attached hydrogens (tertiary/aromatic N) is 3. The Morgan fingerprint density at radius 1 is 1.44 bits per heavy atom. The summed E-state index contributed by atoms with van der Waals surface area (Å²) in [5, 5.41) is 1.88. The van der Waals surface area contributed by atoms with Crippen LogP contribution in [-0.2, 0) is 0 Å². The number of amides is 1. The van der Waals surface area contributed by atoms with Gasteiger partial charge in [0.15, 0.2) is 5.82 Å². The molecule has 1 amide bonds. The summed E-state index contributed by atoms with van der Waals surface area (Å²) >= 11 is 0. The van der Waals surface area contributed by atoms with Gasteiger partial charge in [-0.2, -0.15) is 0 Å². The Morgan fingerprint density at radius 3 is 3.12 bits per heavy atom. The van der Waals surface area contributed by atoms with E-state index in [0.29, 0.717) is 11.4 Å². The Hall–Kier alpha value is -1.69. The fourth-order valence-electron chi connectivity index (χ4n) is 1.76. The molecule has 0 spiro atoms. The summed E-state index contributed by atoms with van der Waals surface area (Å²) in [6, 6.07) is 0. The van der Waals surface area contributed by atoms with E-state index in [0.717, 1.165) is 25.9 Å². The van der Waals surface area contributed by atoms with Crippen LogP contribution in [0, 0.1) is 0 Å². The highest BCUT2D eigenvalue weighted by atomic mass is 16.1. The van der Waals surface area contributed by atoms with Gasteiger partial charge in [0.05, 0.1) is 0 Å². The third-order valence-electron chi connectivity index (χ3n) is 2.57. The molecule has 2 rings (SSSR count). The van der Waals surface area contributed by atoms with E-state index in [9.17, 15) is 4.79 Å². The number of carbonyl (C=O) groups excluding carboxylic acids is 1. The smallest absolute Gasteiger partial charge is 0.254 e. The molecule has 0 aliphatic carbocycles. The van der Waals surface area contributed by atoms with E-state index < -0.39 is 5.91 Å². The van der Waals surface area contributed by atoms with Crippen molar-refractivity contribution in [1.82, 2.24) is 15.4 Å². The lowest BCUT2D eigenvalue weighted by molar-refractivity contribution is 0.1000. The molecule has 6 nitrogen and oxygen atoms in total. The zero-order chi connectivity index (χ0) is 11.4. The fraction of sp³-hybridized carbons (Fsp3) is 0.500. The molecule has 3 N–H and O–H groups in total. The summed E-state index contributed by atoms with van der Waals surface area (Å²) < 4.78 is 0. The molecule has 1 fully saturated rings. The van der Waals surface area contributed by atoms with Gasteiger partial charge in [-0.1, -0.05) is 6.42 Å². The Bertz CT molecular complexity index is 373. The van der Waals surface area contributed by atoms with Crippen molar-refractivity contribution in [3.63, 3.8) is 0 Å². The monoisotopic (exact) mass is 221 g/mol. The first-order valence-corrected chi connectivity index (χ1v) is 5.40. The molecule has 0 unspecified atom stereocenters. The van der Waals surface area contributed by atoms with Gasteiger partial charge in [-0.25, -0.2) is 15.4 Å². The number of nitrogens with one attached hydrogen (secondary N) is 1. The van der Waals surface area contributed by atoms with Crippen molar-refractivity contribution in [2.24, 2.45) is 5.73 Å². The number of hydrazine groups is 1. The molecule has 6 heteroatoms. The van der Waals surface area contributed by atoms with Gasteiger partial charge in [-0.3, -0.25) is 9.80 Å². The minimum Gasteiger partial charge on any atom is -0.365 e. The van der Waals surface area contributed by atoms with Gasteiger partial charge in [0, 0.05) is 19.3 Å². The normalized spacial score (nSPS) is 16.9. The second-order valence-corrected chi connectivity index (χ2v) is 3.74. The zero-order valence-corrected chi connectivity index (χ0v) is 9.02. The summed E-state index contributed by atoms with van der Waals surface area (Å²) in [4.78, 5) is 19.2. The van der Waals surface area contributed by atoms with E-state index in [1.165, 1.54) is 18.9 Å². The van der Waals surface area contributed by atoms with Gasteiger partial charge in [0.1, 0.15) is 11.9 Å². The zero-order valence-electron chi connectivity index (χ0n) is 9.02. The molecule has 0 radical (unpaired) electrons. The van der Waals surface area contributed by atoms with Gasteiger partial charge in [-0.15, -0.1) is 0 Å². The van der Waals surface area contributed by atoms with E-state index in [2.05, 4.69) is 15.4 Å². The van der Waals surface area contributed by atoms with Crippen LogP contribution in [0.25, 0.3) is 0 Å². The van der Waals surface area contributed by atoms with E-state index >= 15 is 0 Å². The molecular weight excluding hydrogens is 206 g/mol. The second kappa shape index (κ2) is 4.89. The molecule has 0 bridgehead atoms. The molecule has 2 heterocycles. The SMILES string of the molecule is NC(=O)c1cncnc1N1CCCCCN1. The lowest BCUT2D eigenvalue weighted by Gasteiger charge is -2.23. The Labute approximate surface area is 93.8 Å². The molecule has 1 saturated heterocycles. The Morgan fingerprint density at radius 2 is 2.31 bits per heavy atom. The second-order valence-electron chi connectivity index (χ2n) is 3.74. The van der Waals surface area contributed by atoms with Gasteiger partial charge in [0.2, 0.25) is 0 Å². The summed E-state index contributed by atoms with van der Waals surface area (Å²) in [6.45, 7) is 1.72. The highest BCUT2D eigenvalue weighted by molar-refractivity contribution is 5.97. The van der Waals surface area contributed by atoms with E-state index in [1.54, 1.807) is 0 Å². The average Bonchev–Trinajstić information content (AvgIpc) is 2.57. The fourth-order valence-corrected chi connectivity index (χ4v) is 1.76. The van der Waals surface area contributed by atoms with Crippen LogP contribution in [-0.4, -0.2) is 29.0 Å². The van der Waals surface area contributed by atoms with Crippen LogP contribution >= 0.6 is 0 Å². The standard InChI is InChI=1S/C10H15N5O/c11-9(16)8-6-12-7-13-10(8)15-5-3-1-2-4-14-15/h6-7,14H,1-5H2,(H2,11,16). The van der Waals surface area contributed by atoms with Crippen LogP contribution in [0.3, 0.4) is 0 Å². The maximum absolute atomic E-state index is 11.2. The minimum atomic E-state index is -0.498. The minimum absolute atomic E-state index is 0.358. The van der Waals surface area contributed by atoms with Crippen LogP contribution in [0.5, 0.6) is 0 Å². The summed E-state index contributed by atoms with van der Waals surface area (Å²) in [6.07, 6.45) is 6.27. The first-order chi connectivity index (χ1) is 7.79. The van der Waals surface area contributed by atoms with Crippen LogP contribution in [0.1, 0.15) is 29.6 Å². The van der Waals surface area contributed by atoms with E-state index in [4.69, 9.17) is 5.73 Å². The molecule has 86 valence electrons. The lowest BCUT2D eigenvalue weighted by Crippen LogP contribution is -2.39. The number of aromatic nitrogens is 2. The van der Waals surface area contributed by atoms with Gasteiger partial charge < -0.3 is 5.73 Å². The number of hydrogen-bond donors (Lipinski definition) is 2. The summed E-state index contributed by atoms with van der Waals surface area (Å²) in [5.74, 6) is 0.0750. The van der Waals surface area contributed by atoms with Crippen LogP contribution in [0.2, 0.25) is 0 Å². The van der Waals surface area contributed by atoms with Crippen LogP contribution in [0.4, 0.5) is 5.82 Å². The summed E-state index contributed by atoms with van der Waals surface area (Å²) in [5.41, 5.74) is 8.87. The molecular formula is C10H15N5O. The van der Waals surface area contributed by atoms with Crippen molar-refractivity contribution in [2.75, 3.05) is 18.1 Å². The highest BCUT2D eigenvalue weighted by Gasteiger charge is 2.17. The number of rotatable bonds is 2. The Kier molecular flexibility index (Phi) is 3.31. The third kappa shape index (κ3) is 2.27. The quantitative estimate of drug-likeness (QED) is 0.738. The van der Waals surface area contributed by atoms with Crippen molar-refractivity contribution in [1.29, 1.82) is 0 Å². The number of nitrogens with two attached hydrogens (primary N) is 1. The topological polar surface area (TPSA) is 84.1 Å². The van der Waals surface area contributed by atoms with Crippen molar-refractivity contribution >= 4 is 11.7 Å². The average molecular weight is 221 g/mol. The first kappa shape index (κ1) is 10.8. The van der Waals surface area contributed by atoms with Gasteiger partial charge >= 0.3 is 0 Å². The predicted molar refractivity (Wildman–Crippen MR) is 59.7 cm³/mol. The molecule has 1 aromatic rings. The first-order valence-electron chi connectivity index (χ1n) is 5.40. The number of hydrogen-bond acceptors (Lipinski definition) is 5. The van der Waals surface area contributed by atoms with Crippen molar-refractivity contribution in [2.45, 2.75) is 19.3 Å². The summed E-state index contributed by atoms with van der Waals surface area (Å²) in [7, 11) is 0. The van der Waals surface area contributed by atoms with Gasteiger partial charge in [0.25, 0.3) is 5.91 Å². The maximum atomic E-state index is 11.2. The van der Waals surface area contributed by atoms with Crippen LogP contribution in [0.15, 0.2) is 12.5 Å². The number of primary amides is 1. The third-order valence-corrected chi connectivity index (χ3v) is 2.57. The lowest BCUT2D eigenvalue weighted by atomic mass is 10.2. The molecule has 16 heavy (non-hydrogen) atoms. The molecule has 0 saturated carbocycles. The molecule has 0 atom stereocenters. The van der Waals surface area contributed by atoms with Crippen LogP contribution < -0.4 is 16.2 Å². The van der Waals surface area contributed by atoms with E-state index in [-0.39, 0.29) is 0 Å². The largest absolute Gasteiger partial charge is 0.365 e. The number of carbonyl (C=O) groups is 1. The number of anilines is 1. The molecule has 1 aliphatic heterocycles. The van der Waals surface area contributed by atoms with Crippen molar-refractivity contribution in [3.05, 3.63) is 18.1 Å². The maximum Gasteiger partial charge on any atom is 0.254 e.